The molecule has 1 aromatic carbocycles. The van der Waals surface area contributed by atoms with Crippen LogP contribution in [0.1, 0.15) is 26.7 Å². The maximum Gasteiger partial charge on any atom is 0.0737 e. The van der Waals surface area contributed by atoms with Gasteiger partial charge in [-0.3, -0.25) is 4.98 Å². The highest BCUT2D eigenvalue weighted by atomic mass is 35.5. The maximum absolute atomic E-state index is 6.00. The molecule has 2 aromatic rings. The van der Waals surface area contributed by atoms with Crippen LogP contribution in [0.5, 0.6) is 0 Å². The molecule has 21 heavy (non-hydrogen) atoms. The Hall–Kier alpha value is -1.32. The van der Waals surface area contributed by atoms with E-state index >= 15 is 0 Å². The number of rotatable bonds is 8. The van der Waals surface area contributed by atoms with Crippen molar-refractivity contribution in [2.75, 3.05) is 25.0 Å². The van der Waals surface area contributed by atoms with E-state index in [1.54, 1.807) is 0 Å². The summed E-state index contributed by atoms with van der Waals surface area (Å²) in [5.41, 5.74) is 2.06. The second kappa shape index (κ2) is 8.20. The van der Waals surface area contributed by atoms with Crippen LogP contribution in [0, 0.1) is 5.92 Å². The molecule has 0 aliphatic carbocycles. The number of aromatic nitrogens is 1. The minimum Gasteiger partial charge on any atom is -0.384 e. The Balaban J connectivity index is 1.79. The van der Waals surface area contributed by atoms with Crippen LogP contribution >= 0.6 is 11.6 Å². The molecule has 0 spiro atoms. The zero-order chi connectivity index (χ0) is 15.1. The molecule has 0 unspecified atom stereocenters. The average molecular weight is 306 g/mol. The smallest absolute Gasteiger partial charge is 0.0737 e. The first-order valence-corrected chi connectivity index (χ1v) is 8.03. The van der Waals surface area contributed by atoms with Crippen molar-refractivity contribution in [3.05, 3.63) is 35.5 Å². The monoisotopic (exact) mass is 305 g/mol. The number of fused-ring (bicyclic) bond motifs is 1. The van der Waals surface area contributed by atoms with Gasteiger partial charge in [0.2, 0.25) is 0 Å². The summed E-state index contributed by atoms with van der Waals surface area (Å²) in [6.45, 7) is 7.62. The van der Waals surface area contributed by atoms with E-state index in [4.69, 9.17) is 11.6 Å². The maximum atomic E-state index is 6.00. The number of hydrogen-bond acceptors (Lipinski definition) is 3. The van der Waals surface area contributed by atoms with E-state index in [-0.39, 0.29) is 0 Å². The summed E-state index contributed by atoms with van der Waals surface area (Å²) < 4.78 is 0. The van der Waals surface area contributed by atoms with Gasteiger partial charge in [0.1, 0.15) is 0 Å². The molecular weight excluding hydrogens is 282 g/mol. The predicted molar refractivity (Wildman–Crippen MR) is 92.2 cm³/mol. The standard InChI is InChI=1S/C17H24ClN3/c1-13(2)6-10-19-8-3-9-20-16-7-11-21-17-12-14(18)4-5-15(16)17/h4-5,7,11-13,19H,3,6,8-10H2,1-2H3,(H,20,21). The predicted octanol–water partition coefficient (Wildman–Crippen LogP) is 4.33. The molecule has 2 N–H and O–H groups in total. The van der Waals surface area contributed by atoms with E-state index in [0.29, 0.717) is 0 Å². The number of anilines is 1. The lowest BCUT2D eigenvalue weighted by atomic mass is 10.1. The Morgan fingerprint density at radius 3 is 2.81 bits per heavy atom. The summed E-state index contributed by atoms with van der Waals surface area (Å²) in [5.74, 6) is 0.769. The van der Waals surface area contributed by atoms with Crippen LogP contribution in [0.25, 0.3) is 10.9 Å². The van der Waals surface area contributed by atoms with Gasteiger partial charge in [0.25, 0.3) is 0 Å². The van der Waals surface area contributed by atoms with Gasteiger partial charge in [-0.2, -0.15) is 0 Å². The molecule has 0 amide bonds. The third-order valence-corrected chi connectivity index (χ3v) is 3.68. The van der Waals surface area contributed by atoms with Crippen molar-refractivity contribution in [1.29, 1.82) is 0 Å². The second-order valence-electron chi connectivity index (χ2n) is 5.73. The zero-order valence-electron chi connectivity index (χ0n) is 12.8. The minimum atomic E-state index is 0.724. The summed E-state index contributed by atoms with van der Waals surface area (Å²) >= 11 is 6.00. The molecule has 0 radical (unpaired) electrons. The van der Waals surface area contributed by atoms with Gasteiger partial charge in [0.15, 0.2) is 0 Å². The van der Waals surface area contributed by atoms with Crippen LogP contribution in [0.2, 0.25) is 5.02 Å². The summed E-state index contributed by atoms with van der Waals surface area (Å²) in [5, 5.41) is 8.81. The number of halogens is 1. The molecule has 0 saturated heterocycles. The van der Waals surface area contributed by atoms with Gasteiger partial charge in [0.05, 0.1) is 5.52 Å². The molecular formula is C17H24ClN3. The van der Waals surface area contributed by atoms with Gasteiger partial charge in [-0.15, -0.1) is 0 Å². The number of pyridine rings is 1. The molecule has 0 fully saturated rings. The molecule has 0 saturated carbocycles. The third-order valence-electron chi connectivity index (χ3n) is 3.45. The Morgan fingerprint density at radius 1 is 1.14 bits per heavy atom. The first kappa shape index (κ1) is 16.1. The minimum absolute atomic E-state index is 0.724. The lowest BCUT2D eigenvalue weighted by Crippen LogP contribution is -2.20. The largest absolute Gasteiger partial charge is 0.384 e. The molecule has 0 bridgehead atoms. The van der Waals surface area contributed by atoms with Crippen LogP contribution in [-0.2, 0) is 0 Å². The van der Waals surface area contributed by atoms with Crippen molar-refractivity contribution in [3.8, 4) is 0 Å². The van der Waals surface area contributed by atoms with E-state index in [1.165, 1.54) is 6.42 Å². The topological polar surface area (TPSA) is 37.0 Å². The normalized spacial score (nSPS) is 11.2. The highest BCUT2D eigenvalue weighted by molar-refractivity contribution is 6.31. The summed E-state index contributed by atoms with van der Waals surface area (Å²) in [4.78, 5) is 4.35. The summed E-state index contributed by atoms with van der Waals surface area (Å²) in [6.07, 6.45) is 4.17. The fraction of sp³-hybridized carbons (Fsp3) is 0.471. The molecule has 0 aliphatic heterocycles. The van der Waals surface area contributed by atoms with E-state index < -0.39 is 0 Å². The summed E-state index contributed by atoms with van der Waals surface area (Å²) in [7, 11) is 0. The van der Waals surface area contributed by atoms with Crippen LogP contribution < -0.4 is 10.6 Å². The number of benzene rings is 1. The zero-order valence-corrected chi connectivity index (χ0v) is 13.6. The van der Waals surface area contributed by atoms with Crippen molar-refractivity contribution < 1.29 is 0 Å². The SMILES string of the molecule is CC(C)CCNCCCNc1ccnc2cc(Cl)ccc12. The van der Waals surface area contributed by atoms with Gasteiger partial charge in [-0.1, -0.05) is 25.4 Å². The van der Waals surface area contributed by atoms with Crippen molar-refractivity contribution >= 4 is 28.2 Å². The van der Waals surface area contributed by atoms with Crippen LogP contribution in [0.15, 0.2) is 30.5 Å². The fourth-order valence-corrected chi connectivity index (χ4v) is 2.39. The Morgan fingerprint density at radius 2 is 2.00 bits per heavy atom. The van der Waals surface area contributed by atoms with Crippen molar-refractivity contribution in [3.63, 3.8) is 0 Å². The Bertz CT molecular complexity index is 569. The van der Waals surface area contributed by atoms with Gasteiger partial charge in [-0.25, -0.2) is 0 Å². The fourth-order valence-electron chi connectivity index (χ4n) is 2.23. The second-order valence-corrected chi connectivity index (χ2v) is 6.17. The highest BCUT2D eigenvalue weighted by Gasteiger charge is 2.02. The lowest BCUT2D eigenvalue weighted by Gasteiger charge is -2.10. The molecule has 1 aromatic heterocycles. The van der Waals surface area contributed by atoms with Gasteiger partial charge in [-0.05, 0) is 56.1 Å². The van der Waals surface area contributed by atoms with E-state index in [1.807, 2.05) is 30.5 Å². The molecule has 0 aliphatic rings. The lowest BCUT2D eigenvalue weighted by molar-refractivity contribution is 0.535. The quantitative estimate of drug-likeness (QED) is 0.713. The van der Waals surface area contributed by atoms with Gasteiger partial charge >= 0.3 is 0 Å². The molecule has 114 valence electrons. The molecule has 3 nitrogen and oxygen atoms in total. The molecule has 4 heteroatoms. The van der Waals surface area contributed by atoms with E-state index in [9.17, 15) is 0 Å². The number of nitrogens with zero attached hydrogens (tertiary/aromatic N) is 1. The third kappa shape index (κ3) is 5.18. The first-order chi connectivity index (χ1) is 10.2. The number of nitrogens with one attached hydrogen (secondary N) is 2. The van der Waals surface area contributed by atoms with Crippen LogP contribution in [0.3, 0.4) is 0 Å². The number of hydrogen-bond donors (Lipinski definition) is 2. The molecule has 1 heterocycles. The molecule has 0 atom stereocenters. The van der Waals surface area contributed by atoms with Crippen molar-refractivity contribution in [2.45, 2.75) is 26.7 Å². The first-order valence-electron chi connectivity index (χ1n) is 7.65. The Kier molecular flexibility index (Phi) is 6.27. The van der Waals surface area contributed by atoms with Gasteiger partial charge < -0.3 is 10.6 Å². The van der Waals surface area contributed by atoms with Crippen LogP contribution in [-0.4, -0.2) is 24.6 Å². The van der Waals surface area contributed by atoms with Crippen LogP contribution in [0.4, 0.5) is 5.69 Å². The highest BCUT2D eigenvalue weighted by Crippen LogP contribution is 2.24. The van der Waals surface area contributed by atoms with E-state index in [2.05, 4.69) is 29.5 Å². The molecule has 2 rings (SSSR count). The van der Waals surface area contributed by atoms with Crippen molar-refractivity contribution in [2.24, 2.45) is 5.92 Å². The average Bonchev–Trinajstić information content (AvgIpc) is 2.45. The summed E-state index contributed by atoms with van der Waals surface area (Å²) in [6, 6.07) is 7.84. The van der Waals surface area contributed by atoms with Crippen molar-refractivity contribution in [1.82, 2.24) is 10.3 Å². The Labute approximate surface area is 132 Å². The van der Waals surface area contributed by atoms with E-state index in [0.717, 1.165) is 53.6 Å². The van der Waals surface area contributed by atoms with Gasteiger partial charge in [0, 0.05) is 28.8 Å².